The highest BCUT2D eigenvalue weighted by Gasteiger charge is 2.62. The predicted molar refractivity (Wildman–Crippen MR) is 45.2 cm³/mol. The van der Waals surface area contributed by atoms with Gasteiger partial charge in [-0.15, -0.1) is 0 Å². The molecule has 0 saturated carbocycles. The van der Waals surface area contributed by atoms with Crippen LogP contribution in [0.5, 0.6) is 0 Å². The first kappa shape index (κ1) is 8.06. The monoisotopic (exact) mass is 141 g/mol. The summed E-state index contributed by atoms with van der Waals surface area (Å²) >= 11 is 0. The van der Waals surface area contributed by atoms with Crippen LogP contribution in [0.3, 0.4) is 0 Å². The third-order valence-corrected chi connectivity index (χ3v) is 3.58. The normalized spacial score (nSPS) is 43.5. The Hall–Kier alpha value is -0.0400. The smallest absolute Gasteiger partial charge is 0.0362 e. The summed E-state index contributed by atoms with van der Waals surface area (Å²) in [7, 11) is 2.22. The molecule has 1 heterocycles. The van der Waals surface area contributed by atoms with Gasteiger partial charge in [0, 0.05) is 11.1 Å². The molecule has 0 radical (unpaired) electrons. The molecule has 0 spiro atoms. The third kappa shape index (κ3) is 0.731. The molecule has 0 aromatic heterocycles. The lowest BCUT2D eigenvalue weighted by atomic mass is 9.94. The molecule has 1 saturated heterocycles. The molecule has 1 aliphatic rings. The summed E-state index contributed by atoms with van der Waals surface area (Å²) < 4.78 is 0. The Morgan fingerprint density at radius 1 is 1.20 bits per heavy atom. The van der Waals surface area contributed by atoms with E-state index in [0.29, 0.717) is 11.1 Å². The van der Waals surface area contributed by atoms with Crippen molar-refractivity contribution in [1.29, 1.82) is 0 Å². The molecule has 0 bridgehead atoms. The van der Waals surface area contributed by atoms with Gasteiger partial charge in [0.25, 0.3) is 0 Å². The molecule has 1 nitrogen and oxygen atoms in total. The van der Waals surface area contributed by atoms with Crippen molar-refractivity contribution in [2.75, 3.05) is 7.05 Å². The number of rotatable bonds is 2. The maximum atomic E-state index is 2.46. The van der Waals surface area contributed by atoms with Crippen LogP contribution in [0.15, 0.2) is 0 Å². The molecule has 2 atom stereocenters. The fourth-order valence-electron chi connectivity index (χ4n) is 2.01. The Morgan fingerprint density at radius 2 is 1.60 bits per heavy atom. The minimum atomic E-state index is 0.447. The lowest BCUT2D eigenvalue weighted by Crippen LogP contribution is -2.15. The van der Waals surface area contributed by atoms with E-state index in [2.05, 4.69) is 39.6 Å². The Kier molecular flexibility index (Phi) is 1.59. The molecule has 0 amide bonds. The van der Waals surface area contributed by atoms with E-state index in [4.69, 9.17) is 0 Å². The Morgan fingerprint density at radius 3 is 1.70 bits per heavy atom. The first-order valence-corrected chi connectivity index (χ1v) is 4.21. The zero-order valence-electron chi connectivity index (χ0n) is 7.86. The summed E-state index contributed by atoms with van der Waals surface area (Å²) in [6.07, 6.45) is 2.63. The first-order chi connectivity index (χ1) is 4.47. The summed E-state index contributed by atoms with van der Waals surface area (Å²) in [6.45, 7) is 9.26. The van der Waals surface area contributed by atoms with Crippen molar-refractivity contribution in [3.8, 4) is 0 Å². The van der Waals surface area contributed by atoms with E-state index in [1.807, 2.05) is 0 Å². The van der Waals surface area contributed by atoms with Gasteiger partial charge < -0.3 is 0 Å². The highest BCUT2D eigenvalue weighted by Crippen LogP contribution is 2.52. The summed E-state index contributed by atoms with van der Waals surface area (Å²) in [6, 6.07) is 0. The van der Waals surface area contributed by atoms with Crippen molar-refractivity contribution in [2.24, 2.45) is 0 Å². The van der Waals surface area contributed by atoms with Crippen LogP contribution in [-0.4, -0.2) is 23.0 Å². The predicted octanol–water partition coefficient (Wildman–Crippen LogP) is 2.27. The molecule has 0 aliphatic carbocycles. The lowest BCUT2D eigenvalue weighted by molar-refractivity contribution is 0.459. The van der Waals surface area contributed by atoms with Crippen molar-refractivity contribution in [3.63, 3.8) is 0 Å². The summed E-state index contributed by atoms with van der Waals surface area (Å²) in [5.74, 6) is 0. The molecule has 1 fully saturated rings. The van der Waals surface area contributed by atoms with Gasteiger partial charge in [-0.3, -0.25) is 4.90 Å². The fraction of sp³-hybridized carbons (Fsp3) is 1.00. The molecule has 60 valence electrons. The van der Waals surface area contributed by atoms with Gasteiger partial charge >= 0.3 is 0 Å². The van der Waals surface area contributed by atoms with Gasteiger partial charge in [-0.1, -0.05) is 13.3 Å². The maximum absolute atomic E-state index is 2.46. The van der Waals surface area contributed by atoms with Crippen LogP contribution in [0.2, 0.25) is 0 Å². The molecule has 1 aliphatic heterocycles. The molecular weight excluding hydrogens is 122 g/mol. The number of hydrogen-bond donors (Lipinski definition) is 0. The minimum Gasteiger partial charge on any atom is -0.292 e. The van der Waals surface area contributed by atoms with E-state index in [-0.39, 0.29) is 0 Å². The largest absolute Gasteiger partial charge is 0.292 e. The Labute approximate surface area is 64.4 Å². The molecule has 1 rings (SSSR count). The van der Waals surface area contributed by atoms with Gasteiger partial charge in [-0.25, -0.2) is 0 Å². The zero-order chi connectivity index (χ0) is 7.99. The van der Waals surface area contributed by atoms with Crippen LogP contribution in [0.4, 0.5) is 0 Å². The van der Waals surface area contributed by atoms with Crippen LogP contribution in [-0.2, 0) is 0 Å². The van der Waals surface area contributed by atoms with E-state index in [1.54, 1.807) is 0 Å². The third-order valence-electron chi connectivity index (χ3n) is 3.58. The van der Waals surface area contributed by atoms with Gasteiger partial charge in [0.2, 0.25) is 0 Å². The van der Waals surface area contributed by atoms with Gasteiger partial charge in [0.1, 0.15) is 0 Å². The van der Waals surface area contributed by atoms with E-state index in [1.165, 1.54) is 12.8 Å². The lowest BCUT2D eigenvalue weighted by Gasteiger charge is -2.08. The number of likely N-dealkylation sites (N-methyl/N-ethyl adjacent to an activating group) is 1. The van der Waals surface area contributed by atoms with E-state index in [9.17, 15) is 0 Å². The van der Waals surface area contributed by atoms with E-state index < -0.39 is 0 Å². The van der Waals surface area contributed by atoms with Crippen LogP contribution in [0.25, 0.3) is 0 Å². The second-order valence-electron chi connectivity index (χ2n) is 4.14. The highest BCUT2D eigenvalue weighted by molar-refractivity contribution is 5.19. The average Bonchev–Trinajstić information content (AvgIpc) is 2.17. The van der Waals surface area contributed by atoms with E-state index >= 15 is 0 Å². The molecule has 0 aromatic carbocycles. The summed E-state index contributed by atoms with van der Waals surface area (Å²) in [5, 5.41) is 0. The second-order valence-corrected chi connectivity index (χ2v) is 4.14. The van der Waals surface area contributed by atoms with Crippen LogP contribution in [0.1, 0.15) is 40.5 Å². The summed E-state index contributed by atoms with van der Waals surface area (Å²) in [5.41, 5.74) is 0.935. The zero-order valence-corrected chi connectivity index (χ0v) is 7.86. The van der Waals surface area contributed by atoms with Gasteiger partial charge in [0.05, 0.1) is 0 Å². The number of nitrogens with zero attached hydrogens (tertiary/aromatic N) is 1. The molecule has 2 unspecified atom stereocenters. The van der Waals surface area contributed by atoms with Gasteiger partial charge in [0.15, 0.2) is 0 Å². The van der Waals surface area contributed by atoms with Crippen LogP contribution >= 0.6 is 0 Å². The van der Waals surface area contributed by atoms with Gasteiger partial charge in [-0.05, 0) is 34.2 Å². The minimum absolute atomic E-state index is 0.447. The van der Waals surface area contributed by atoms with Crippen molar-refractivity contribution < 1.29 is 0 Å². The molecule has 10 heavy (non-hydrogen) atoms. The highest BCUT2D eigenvalue weighted by atomic mass is 15.4. The second kappa shape index (κ2) is 1.97. The Bertz CT molecular complexity index is 140. The van der Waals surface area contributed by atoms with Crippen molar-refractivity contribution in [3.05, 3.63) is 0 Å². The maximum Gasteiger partial charge on any atom is 0.0362 e. The first-order valence-electron chi connectivity index (χ1n) is 4.21. The topological polar surface area (TPSA) is 3.01 Å². The van der Waals surface area contributed by atoms with Crippen LogP contribution < -0.4 is 0 Å². The standard InChI is InChI=1S/C9H19N/c1-6-7-9(4)8(2,3)10(9)5/h6-7H2,1-5H3. The summed E-state index contributed by atoms with van der Waals surface area (Å²) in [4.78, 5) is 2.46. The van der Waals surface area contributed by atoms with Crippen molar-refractivity contribution >= 4 is 0 Å². The van der Waals surface area contributed by atoms with E-state index in [0.717, 1.165) is 0 Å². The average molecular weight is 141 g/mol. The molecule has 0 N–H and O–H groups in total. The molecule has 0 aromatic rings. The Balaban J connectivity index is 2.59. The molecular formula is C9H19N. The molecule has 1 heteroatoms. The quantitative estimate of drug-likeness (QED) is 0.533. The number of hydrogen-bond acceptors (Lipinski definition) is 1. The van der Waals surface area contributed by atoms with Crippen molar-refractivity contribution in [1.82, 2.24) is 4.90 Å². The SMILES string of the molecule is CCCC1(C)N(C)C1(C)C. The van der Waals surface area contributed by atoms with Crippen LogP contribution in [0, 0.1) is 0 Å². The van der Waals surface area contributed by atoms with Gasteiger partial charge in [-0.2, -0.15) is 0 Å². The fourth-order valence-corrected chi connectivity index (χ4v) is 2.01. The van der Waals surface area contributed by atoms with Crippen molar-refractivity contribution in [2.45, 2.75) is 51.6 Å².